The molecular weight excluding hydrogens is 402 g/mol. The minimum Gasteiger partial charge on any atom is -0.423 e. The van der Waals surface area contributed by atoms with Crippen molar-refractivity contribution in [3.63, 3.8) is 0 Å². The molecule has 0 aliphatic rings. The zero-order valence-corrected chi connectivity index (χ0v) is 15.7. The predicted molar refractivity (Wildman–Crippen MR) is 104 cm³/mol. The second kappa shape index (κ2) is 8.04. The van der Waals surface area contributed by atoms with Gasteiger partial charge < -0.3 is 4.74 Å². The Morgan fingerprint density at radius 1 is 1.28 bits per heavy atom. The lowest BCUT2D eigenvalue weighted by molar-refractivity contribution is 0.0734. The van der Waals surface area contributed by atoms with Crippen molar-refractivity contribution in [2.24, 2.45) is 5.10 Å². The second-order valence-electron chi connectivity index (χ2n) is 5.13. The molecule has 5 nitrogen and oxygen atoms in total. The smallest absolute Gasteiger partial charge is 0.343 e. The van der Waals surface area contributed by atoms with Crippen LogP contribution in [0, 0.1) is 6.92 Å². The first-order valence-corrected chi connectivity index (χ1v) is 9.06. The number of hydrogen-bond acceptors (Lipinski definition) is 6. The molecule has 0 spiro atoms. The molecule has 0 amide bonds. The molecule has 1 heterocycles. The van der Waals surface area contributed by atoms with E-state index in [1.54, 1.807) is 36.5 Å². The van der Waals surface area contributed by atoms with Crippen LogP contribution in [-0.2, 0) is 0 Å². The number of carbonyl (C=O) groups is 1. The summed E-state index contributed by atoms with van der Waals surface area (Å²) >= 11 is 4.83. The first kappa shape index (κ1) is 17.3. The van der Waals surface area contributed by atoms with Gasteiger partial charge >= 0.3 is 5.97 Å². The third-order valence-electron chi connectivity index (χ3n) is 3.14. The number of esters is 1. The van der Waals surface area contributed by atoms with Gasteiger partial charge in [0.15, 0.2) is 0 Å². The van der Waals surface area contributed by atoms with Crippen LogP contribution in [-0.4, -0.2) is 17.2 Å². The first-order chi connectivity index (χ1) is 12.1. The quantitative estimate of drug-likeness (QED) is 0.279. The number of carbonyl (C=O) groups excluding carboxylic acids is 1. The van der Waals surface area contributed by atoms with Crippen LogP contribution in [0.3, 0.4) is 0 Å². The summed E-state index contributed by atoms with van der Waals surface area (Å²) in [7, 11) is 0. The van der Waals surface area contributed by atoms with Crippen molar-refractivity contribution in [1.82, 2.24) is 4.98 Å². The maximum absolute atomic E-state index is 12.1. The number of halogens is 1. The fourth-order valence-corrected chi connectivity index (χ4v) is 3.01. The Balaban J connectivity index is 1.59. The van der Waals surface area contributed by atoms with E-state index in [2.05, 4.69) is 31.4 Å². The van der Waals surface area contributed by atoms with E-state index in [1.165, 1.54) is 11.3 Å². The van der Waals surface area contributed by atoms with Crippen LogP contribution in [0.1, 0.15) is 21.6 Å². The minimum absolute atomic E-state index is 0.400. The normalized spacial score (nSPS) is 10.8. The monoisotopic (exact) mass is 415 g/mol. The fraction of sp³-hybridized carbons (Fsp3) is 0.0556. The second-order valence-corrected chi connectivity index (χ2v) is 6.91. The summed E-state index contributed by atoms with van der Waals surface area (Å²) in [5.41, 5.74) is 5.20. The van der Waals surface area contributed by atoms with Gasteiger partial charge in [-0.05, 0) is 55.0 Å². The Kier molecular flexibility index (Phi) is 5.57. The summed E-state index contributed by atoms with van der Waals surface area (Å²) < 4.78 is 6.19. The van der Waals surface area contributed by atoms with Crippen LogP contribution in [0.5, 0.6) is 5.75 Å². The topological polar surface area (TPSA) is 63.6 Å². The Hall–Kier alpha value is -2.51. The summed E-state index contributed by atoms with van der Waals surface area (Å²) in [5.74, 6) is 0.0779. The maximum Gasteiger partial charge on any atom is 0.343 e. The van der Waals surface area contributed by atoms with Gasteiger partial charge in [-0.3, -0.25) is 5.43 Å². The average Bonchev–Trinajstić information content (AvgIpc) is 3.02. The Morgan fingerprint density at radius 2 is 2.08 bits per heavy atom. The SMILES string of the molecule is Cc1csc(N/N=C\c2ccc(OC(=O)c3cccc(Br)c3)cc2)n1. The molecule has 3 rings (SSSR count). The highest BCUT2D eigenvalue weighted by atomic mass is 79.9. The van der Waals surface area contributed by atoms with Crippen molar-refractivity contribution < 1.29 is 9.53 Å². The summed E-state index contributed by atoms with van der Waals surface area (Å²) in [4.78, 5) is 16.4. The van der Waals surface area contributed by atoms with Crippen LogP contribution in [0.15, 0.2) is 63.5 Å². The van der Waals surface area contributed by atoms with Crippen molar-refractivity contribution in [2.45, 2.75) is 6.92 Å². The van der Waals surface area contributed by atoms with E-state index in [1.807, 2.05) is 30.5 Å². The molecule has 0 radical (unpaired) electrons. The summed E-state index contributed by atoms with van der Waals surface area (Å²) in [6.07, 6.45) is 1.68. The molecule has 0 fully saturated rings. The number of thiazole rings is 1. The van der Waals surface area contributed by atoms with E-state index in [0.29, 0.717) is 11.3 Å². The first-order valence-electron chi connectivity index (χ1n) is 7.39. The number of rotatable bonds is 5. The lowest BCUT2D eigenvalue weighted by Gasteiger charge is -2.05. The van der Waals surface area contributed by atoms with E-state index >= 15 is 0 Å². The molecule has 0 saturated heterocycles. The number of ether oxygens (including phenoxy) is 1. The van der Waals surface area contributed by atoms with E-state index in [9.17, 15) is 4.79 Å². The number of nitrogens with zero attached hydrogens (tertiary/aromatic N) is 2. The molecular formula is C18H14BrN3O2S. The third-order valence-corrected chi connectivity index (χ3v) is 4.50. The average molecular weight is 416 g/mol. The molecule has 3 aromatic rings. The largest absolute Gasteiger partial charge is 0.423 e. The van der Waals surface area contributed by atoms with Crippen molar-refractivity contribution >= 4 is 44.6 Å². The zero-order chi connectivity index (χ0) is 17.6. The Labute approximate surface area is 157 Å². The van der Waals surface area contributed by atoms with E-state index in [4.69, 9.17) is 4.74 Å². The van der Waals surface area contributed by atoms with Gasteiger partial charge in [0.05, 0.1) is 17.5 Å². The van der Waals surface area contributed by atoms with Crippen LogP contribution < -0.4 is 10.2 Å². The van der Waals surface area contributed by atoms with Gasteiger partial charge in [-0.1, -0.05) is 22.0 Å². The van der Waals surface area contributed by atoms with Gasteiger partial charge in [-0.2, -0.15) is 5.10 Å². The number of aryl methyl sites for hydroxylation is 1. The molecule has 0 unspecified atom stereocenters. The molecule has 1 N–H and O–H groups in total. The number of aromatic nitrogens is 1. The van der Waals surface area contributed by atoms with E-state index in [-0.39, 0.29) is 0 Å². The lowest BCUT2D eigenvalue weighted by atomic mass is 10.2. The van der Waals surface area contributed by atoms with Gasteiger partial charge in [0.25, 0.3) is 0 Å². The molecule has 2 aromatic carbocycles. The van der Waals surface area contributed by atoms with Crippen LogP contribution in [0.4, 0.5) is 5.13 Å². The number of hydrogen-bond donors (Lipinski definition) is 1. The Morgan fingerprint density at radius 3 is 2.76 bits per heavy atom. The van der Waals surface area contributed by atoms with Crippen molar-refractivity contribution in [3.8, 4) is 5.75 Å². The van der Waals surface area contributed by atoms with Gasteiger partial charge in [0.2, 0.25) is 5.13 Å². The lowest BCUT2D eigenvalue weighted by Crippen LogP contribution is -2.08. The molecule has 126 valence electrons. The third kappa shape index (κ3) is 4.98. The highest BCUT2D eigenvalue weighted by molar-refractivity contribution is 9.10. The fourth-order valence-electron chi connectivity index (χ4n) is 1.97. The number of benzene rings is 2. The summed E-state index contributed by atoms with van der Waals surface area (Å²) in [6.45, 7) is 1.93. The number of nitrogens with one attached hydrogen (secondary N) is 1. The number of anilines is 1. The molecule has 0 bridgehead atoms. The maximum atomic E-state index is 12.1. The highest BCUT2D eigenvalue weighted by Gasteiger charge is 2.08. The van der Waals surface area contributed by atoms with Gasteiger partial charge in [-0.15, -0.1) is 11.3 Å². The summed E-state index contributed by atoms with van der Waals surface area (Å²) in [6, 6.07) is 14.2. The summed E-state index contributed by atoms with van der Waals surface area (Å²) in [5, 5.41) is 6.83. The van der Waals surface area contributed by atoms with E-state index in [0.717, 1.165) is 20.9 Å². The highest BCUT2D eigenvalue weighted by Crippen LogP contribution is 2.17. The van der Waals surface area contributed by atoms with Crippen molar-refractivity contribution in [1.29, 1.82) is 0 Å². The standard InChI is InChI=1S/C18H14BrN3O2S/c1-12-11-25-18(21-12)22-20-10-13-5-7-16(8-6-13)24-17(23)14-3-2-4-15(19)9-14/h2-11H,1H3,(H,21,22)/b20-10-. The molecule has 0 aliphatic heterocycles. The minimum atomic E-state index is -0.400. The van der Waals surface area contributed by atoms with Crippen LogP contribution in [0.2, 0.25) is 0 Å². The molecule has 1 aromatic heterocycles. The molecule has 25 heavy (non-hydrogen) atoms. The molecule has 7 heteroatoms. The zero-order valence-electron chi connectivity index (χ0n) is 13.3. The van der Waals surface area contributed by atoms with Gasteiger partial charge in [-0.25, -0.2) is 9.78 Å². The Bertz CT molecular complexity index is 907. The van der Waals surface area contributed by atoms with Crippen LogP contribution in [0.25, 0.3) is 0 Å². The predicted octanol–water partition coefficient (Wildman–Crippen LogP) is 4.88. The molecule has 0 aliphatic carbocycles. The molecule has 0 atom stereocenters. The van der Waals surface area contributed by atoms with Gasteiger partial charge in [0.1, 0.15) is 5.75 Å². The molecule has 0 saturated carbocycles. The number of hydrazone groups is 1. The van der Waals surface area contributed by atoms with Crippen LogP contribution >= 0.6 is 27.3 Å². The van der Waals surface area contributed by atoms with E-state index < -0.39 is 5.97 Å². The van der Waals surface area contributed by atoms with Crippen molar-refractivity contribution in [3.05, 3.63) is 75.2 Å². The van der Waals surface area contributed by atoms with Gasteiger partial charge in [0, 0.05) is 9.85 Å². The van der Waals surface area contributed by atoms with Crippen molar-refractivity contribution in [2.75, 3.05) is 5.43 Å².